The Hall–Kier alpha value is -2.76. The summed E-state index contributed by atoms with van der Waals surface area (Å²) in [4.78, 5) is 23.1. The summed E-state index contributed by atoms with van der Waals surface area (Å²) in [6.45, 7) is 0.0507. The molecule has 0 aliphatic heterocycles. The van der Waals surface area contributed by atoms with E-state index in [2.05, 4.69) is 0 Å². The molecule has 0 fully saturated rings. The van der Waals surface area contributed by atoms with Gasteiger partial charge >= 0.3 is 11.9 Å². The van der Waals surface area contributed by atoms with E-state index in [0.29, 0.717) is 0 Å². The summed E-state index contributed by atoms with van der Waals surface area (Å²) in [5, 5.41) is 8.83. The Morgan fingerprint density at radius 1 is 1.08 bits per heavy atom. The van der Waals surface area contributed by atoms with Gasteiger partial charge in [0.05, 0.1) is 5.92 Å². The van der Waals surface area contributed by atoms with Gasteiger partial charge in [-0.15, -0.1) is 0 Å². The Balaban J connectivity index is 2.05. The largest absolute Gasteiger partial charge is 0.481 e. The number of ether oxygens (including phenoxy) is 1. The average molecular weight is 348 g/mol. The molecule has 0 unspecified atom stereocenters. The first kappa shape index (κ1) is 18.6. The van der Waals surface area contributed by atoms with E-state index in [0.717, 1.165) is 17.7 Å². The van der Waals surface area contributed by atoms with Crippen molar-refractivity contribution in [3.63, 3.8) is 0 Å². The van der Waals surface area contributed by atoms with Crippen LogP contribution in [-0.2, 0) is 27.4 Å². The maximum Gasteiger partial charge on any atom is 0.309 e. The third kappa shape index (κ3) is 5.99. The summed E-state index contributed by atoms with van der Waals surface area (Å²) in [6.07, 6.45) is -0.277. The lowest BCUT2D eigenvalue weighted by Gasteiger charge is -2.16. The molecule has 0 aliphatic rings. The summed E-state index contributed by atoms with van der Waals surface area (Å²) in [7, 11) is 0. The van der Waals surface area contributed by atoms with Gasteiger partial charge in [-0.1, -0.05) is 36.4 Å². The van der Waals surface area contributed by atoms with Crippen molar-refractivity contribution >= 4 is 11.9 Å². The van der Waals surface area contributed by atoms with E-state index >= 15 is 0 Å². The van der Waals surface area contributed by atoms with Gasteiger partial charge in [0.2, 0.25) is 0 Å². The maximum absolute atomic E-state index is 13.8. The second kappa shape index (κ2) is 8.92. The smallest absolute Gasteiger partial charge is 0.309 e. The van der Waals surface area contributed by atoms with E-state index in [-0.39, 0.29) is 31.4 Å². The second-order valence-electron chi connectivity index (χ2n) is 5.66. The Bertz CT molecular complexity index is 731. The van der Waals surface area contributed by atoms with E-state index in [9.17, 15) is 18.4 Å². The van der Waals surface area contributed by atoms with Gasteiger partial charge in [0.25, 0.3) is 0 Å². The maximum atomic E-state index is 13.8. The molecule has 0 saturated carbocycles. The molecule has 0 aliphatic carbocycles. The van der Waals surface area contributed by atoms with Crippen LogP contribution >= 0.6 is 0 Å². The summed E-state index contributed by atoms with van der Waals surface area (Å²) in [6, 6.07) is 12.1. The predicted octanol–water partition coefficient (Wildman–Crippen LogP) is 3.73. The predicted molar refractivity (Wildman–Crippen MR) is 86.7 cm³/mol. The molecule has 132 valence electrons. The molecule has 4 nitrogen and oxygen atoms in total. The lowest BCUT2D eigenvalue weighted by atomic mass is 9.94. The fourth-order valence-corrected chi connectivity index (χ4v) is 2.40. The SMILES string of the molecule is O=C(O)CC[C@H](Cc1ccc(F)cc1F)C(=O)OCc1ccccc1. The van der Waals surface area contributed by atoms with Crippen molar-refractivity contribution in [3.05, 3.63) is 71.3 Å². The van der Waals surface area contributed by atoms with Crippen LogP contribution in [0.15, 0.2) is 48.5 Å². The number of carboxylic acids is 1. The zero-order valence-corrected chi connectivity index (χ0v) is 13.5. The van der Waals surface area contributed by atoms with Crippen LogP contribution in [0.3, 0.4) is 0 Å². The van der Waals surface area contributed by atoms with E-state index in [1.54, 1.807) is 24.3 Å². The third-order valence-corrected chi connectivity index (χ3v) is 3.75. The van der Waals surface area contributed by atoms with Crippen LogP contribution in [0, 0.1) is 17.6 Å². The molecule has 0 heterocycles. The number of hydrogen-bond acceptors (Lipinski definition) is 3. The topological polar surface area (TPSA) is 63.6 Å². The van der Waals surface area contributed by atoms with E-state index in [1.165, 1.54) is 6.07 Å². The molecule has 0 aromatic heterocycles. The van der Waals surface area contributed by atoms with Gasteiger partial charge in [-0.3, -0.25) is 9.59 Å². The van der Waals surface area contributed by atoms with Gasteiger partial charge in [-0.05, 0) is 30.0 Å². The zero-order valence-electron chi connectivity index (χ0n) is 13.5. The van der Waals surface area contributed by atoms with E-state index in [4.69, 9.17) is 9.84 Å². The molecule has 0 saturated heterocycles. The summed E-state index contributed by atoms with van der Waals surface area (Å²) >= 11 is 0. The van der Waals surface area contributed by atoms with Gasteiger partial charge in [-0.25, -0.2) is 8.78 Å². The highest BCUT2D eigenvalue weighted by molar-refractivity contribution is 5.74. The van der Waals surface area contributed by atoms with Gasteiger partial charge < -0.3 is 9.84 Å². The molecule has 0 bridgehead atoms. The third-order valence-electron chi connectivity index (χ3n) is 3.75. The van der Waals surface area contributed by atoms with Crippen LogP contribution in [0.5, 0.6) is 0 Å². The van der Waals surface area contributed by atoms with Crippen molar-refractivity contribution in [2.24, 2.45) is 5.92 Å². The molecule has 0 spiro atoms. The fourth-order valence-electron chi connectivity index (χ4n) is 2.40. The standard InChI is InChI=1S/C19H18F2O4/c20-16-8-6-14(17(21)11-16)10-15(7-9-18(22)23)19(24)25-12-13-4-2-1-3-5-13/h1-6,8,11,15H,7,9-10,12H2,(H,22,23)/t15-/m1/s1. The first-order valence-corrected chi connectivity index (χ1v) is 7.82. The monoisotopic (exact) mass is 348 g/mol. The summed E-state index contributed by atoms with van der Waals surface area (Å²) in [5.74, 6) is -3.96. The lowest BCUT2D eigenvalue weighted by Crippen LogP contribution is -2.21. The number of aliphatic carboxylic acids is 1. The number of hydrogen-bond donors (Lipinski definition) is 1. The van der Waals surface area contributed by atoms with Crippen molar-refractivity contribution in [2.75, 3.05) is 0 Å². The first-order valence-electron chi connectivity index (χ1n) is 7.82. The van der Waals surface area contributed by atoms with Gasteiger partial charge in [0, 0.05) is 12.5 Å². The number of esters is 1. The highest BCUT2D eigenvalue weighted by atomic mass is 19.1. The van der Waals surface area contributed by atoms with Crippen LogP contribution < -0.4 is 0 Å². The van der Waals surface area contributed by atoms with Crippen LogP contribution in [0.4, 0.5) is 8.78 Å². The fraction of sp³-hybridized carbons (Fsp3) is 0.263. The number of halogens is 2. The van der Waals surface area contributed by atoms with Crippen LogP contribution in [0.2, 0.25) is 0 Å². The molecule has 0 amide bonds. The molecule has 0 radical (unpaired) electrons. The minimum absolute atomic E-state index is 0.0137. The second-order valence-corrected chi connectivity index (χ2v) is 5.66. The highest BCUT2D eigenvalue weighted by Gasteiger charge is 2.23. The summed E-state index contributed by atoms with van der Waals surface area (Å²) < 4.78 is 32.0. The van der Waals surface area contributed by atoms with Gasteiger partial charge in [-0.2, -0.15) is 0 Å². The first-order chi connectivity index (χ1) is 12.0. The number of carboxylic acid groups (broad SMARTS) is 1. The van der Waals surface area contributed by atoms with Crippen molar-refractivity contribution in [3.8, 4) is 0 Å². The van der Waals surface area contributed by atoms with Crippen LogP contribution in [0.1, 0.15) is 24.0 Å². The van der Waals surface area contributed by atoms with Gasteiger partial charge in [0.15, 0.2) is 0 Å². The highest BCUT2D eigenvalue weighted by Crippen LogP contribution is 2.20. The van der Waals surface area contributed by atoms with E-state index < -0.39 is 29.5 Å². The molecule has 2 aromatic carbocycles. The van der Waals surface area contributed by atoms with Crippen molar-refractivity contribution in [1.29, 1.82) is 0 Å². The quantitative estimate of drug-likeness (QED) is 0.738. The average Bonchev–Trinajstić information content (AvgIpc) is 2.59. The molecule has 2 rings (SSSR count). The molecule has 25 heavy (non-hydrogen) atoms. The lowest BCUT2D eigenvalue weighted by molar-refractivity contribution is -0.150. The van der Waals surface area contributed by atoms with Crippen LogP contribution in [0.25, 0.3) is 0 Å². The van der Waals surface area contributed by atoms with Crippen molar-refractivity contribution in [2.45, 2.75) is 25.9 Å². The number of rotatable bonds is 8. The van der Waals surface area contributed by atoms with Crippen molar-refractivity contribution in [1.82, 2.24) is 0 Å². The molecule has 6 heteroatoms. The number of carbonyl (C=O) groups excluding carboxylic acids is 1. The molecular formula is C19H18F2O4. The minimum atomic E-state index is -1.06. The Morgan fingerprint density at radius 2 is 1.80 bits per heavy atom. The summed E-state index contributed by atoms with van der Waals surface area (Å²) in [5.41, 5.74) is 0.939. The molecule has 2 aromatic rings. The number of carbonyl (C=O) groups is 2. The molecule has 1 N–H and O–H groups in total. The Morgan fingerprint density at radius 3 is 2.44 bits per heavy atom. The Kier molecular flexibility index (Phi) is 6.62. The number of benzene rings is 2. The van der Waals surface area contributed by atoms with E-state index in [1.807, 2.05) is 6.07 Å². The Labute approximate surface area is 144 Å². The zero-order chi connectivity index (χ0) is 18.2. The molecular weight excluding hydrogens is 330 g/mol. The van der Waals surface area contributed by atoms with Gasteiger partial charge in [0.1, 0.15) is 18.2 Å². The minimum Gasteiger partial charge on any atom is -0.481 e. The van der Waals surface area contributed by atoms with Crippen molar-refractivity contribution < 1.29 is 28.2 Å². The van der Waals surface area contributed by atoms with Crippen LogP contribution in [-0.4, -0.2) is 17.0 Å². The molecule has 1 atom stereocenters. The normalized spacial score (nSPS) is 11.8.